The van der Waals surface area contributed by atoms with E-state index in [4.69, 9.17) is 19.9 Å². The van der Waals surface area contributed by atoms with Crippen molar-refractivity contribution in [2.45, 2.75) is 63.1 Å². The number of aliphatic hydroxyl groups excluding tert-OH is 2. The van der Waals surface area contributed by atoms with Gasteiger partial charge in [-0.3, -0.25) is 14.2 Å². The number of nitrogens with zero attached hydrogens (tertiary/aromatic N) is 2. The Balaban J connectivity index is 1.36. The number of benzene rings is 1. The second-order valence-corrected chi connectivity index (χ2v) is 12.3. The predicted molar refractivity (Wildman–Crippen MR) is 153 cm³/mol. The zero-order chi connectivity index (χ0) is 30.7. The third kappa shape index (κ3) is 6.45. The minimum atomic E-state index is -1.79. The van der Waals surface area contributed by atoms with Crippen LogP contribution in [0, 0.1) is 5.41 Å². The highest BCUT2D eigenvalue weighted by atomic mass is 32.2. The maximum absolute atomic E-state index is 13.0. The number of anilines is 1. The molecular weight excluding hydrogens is 568 g/mol. The number of thioether (sulfide) groups is 1. The molecule has 1 aliphatic carbocycles. The molecule has 2 aromatic rings. The van der Waals surface area contributed by atoms with Crippen molar-refractivity contribution < 1.29 is 39.1 Å². The van der Waals surface area contributed by atoms with Crippen molar-refractivity contribution in [1.29, 1.82) is 0 Å². The van der Waals surface area contributed by atoms with Crippen molar-refractivity contribution in [2.24, 2.45) is 5.41 Å². The standard InChI is InChI=1S/C28H38N4O9S/c1-26(2,16-33)24(36)42-12-11-39-22(18(34)14-30-13-17-7-5-4-6-8-17)40-15-19-21(35)28(38)23(27(28,3)41-19)32-10-9-20(29)31-25(32)37/h4-10,19,21-23,30,33,35,38H,11-16H2,1-3H3,(H2,29,31,37)/t19-,21?,22?,23-,27?,28?/m1/s1. The number of nitrogen functional groups attached to an aromatic ring is 1. The van der Waals surface area contributed by atoms with Crippen molar-refractivity contribution in [2.75, 3.05) is 37.9 Å². The molecule has 1 saturated carbocycles. The maximum atomic E-state index is 13.0. The van der Waals surface area contributed by atoms with Gasteiger partial charge in [0, 0.05) is 18.5 Å². The lowest BCUT2D eigenvalue weighted by Crippen LogP contribution is -2.44. The topological polar surface area (TPSA) is 195 Å². The molecule has 4 rings (SSSR count). The Morgan fingerprint density at radius 1 is 1.26 bits per heavy atom. The van der Waals surface area contributed by atoms with Gasteiger partial charge in [-0.1, -0.05) is 42.1 Å². The zero-order valence-electron chi connectivity index (χ0n) is 23.8. The van der Waals surface area contributed by atoms with Gasteiger partial charge in [0.1, 0.15) is 35.3 Å². The average Bonchev–Trinajstić information content (AvgIpc) is 3.37. The summed E-state index contributed by atoms with van der Waals surface area (Å²) in [6.45, 7) is 4.61. The zero-order valence-corrected chi connectivity index (χ0v) is 24.6. The van der Waals surface area contributed by atoms with E-state index in [0.29, 0.717) is 6.54 Å². The Bertz CT molecular complexity index is 1330. The van der Waals surface area contributed by atoms with Crippen LogP contribution in [-0.4, -0.2) is 97.6 Å². The predicted octanol–water partition coefficient (Wildman–Crippen LogP) is -0.374. The summed E-state index contributed by atoms with van der Waals surface area (Å²) in [5.41, 5.74) is 1.85. The average molecular weight is 607 g/mol. The Morgan fingerprint density at radius 3 is 2.60 bits per heavy atom. The Morgan fingerprint density at radius 2 is 1.98 bits per heavy atom. The van der Waals surface area contributed by atoms with Gasteiger partial charge in [0.05, 0.1) is 31.8 Å². The molecular formula is C28H38N4O9S. The molecule has 1 aromatic carbocycles. The Kier molecular flexibility index (Phi) is 9.89. The van der Waals surface area contributed by atoms with Crippen molar-refractivity contribution in [3.8, 4) is 0 Å². The van der Waals surface area contributed by atoms with Crippen LogP contribution in [0.5, 0.6) is 0 Å². The van der Waals surface area contributed by atoms with Gasteiger partial charge < -0.3 is 40.6 Å². The van der Waals surface area contributed by atoms with E-state index in [-0.39, 0.29) is 43.1 Å². The lowest BCUT2D eigenvalue weighted by molar-refractivity contribution is -0.183. The molecule has 2 heterocycles. The fraction of sp³-hybridized carbons (Fsp3) is 0.571. The van der Waals surface area contributed by atoms with Gasteiger partial charge in [-0.05, 0) is 32.4 Å². The summed E-state index contributed by atoms with van der Waals surface area (Å²) in [6, 6.07) is 10.0. The summed E-state index contributed by atoms with van der Waals surface area (Å²) in [7, 11) is 0. The van der Waals surface area contributed by atoms with Gasteiger partial charge >= 0.3 is 5.69 Å². The number of aromatic nitrogens is 2. The Labute approximate surface area is 247 Å². The van der Waals surface area contributed by atoms with Crippen LogP contribution < -0.4 is 16.7 Å². The van der Waals surface area contributed by atoms with E-state index in [1.807, 2.05) is 30.3 Å². The molecule has 4 unspecified atom stereocenters. The number of carbonyl (C=O) groups excluding carboxylic acids is 2. The molecule has 6 atom stereocenters. The van der Waals surface area contributed by atoms with E-state index in [2.05, 4.69) is 10.3 Å². The number of Topliss-reactive ketones (excluding diaryl/α,β-unsaturated/α-hetero) is 1. The SMILES string of the molecule is CC(C)(CO)C(=O)SCCOC(OC[C@H]1OC2(C)[C@@H](n3ccc(N)nc3=O)C2(O)C1O)C(=O)CNCc1ccccc1. The molecule has 1 saturated heterocycles. The summed E-state index contributed by atoms with van der Waals surface area (Å²) >= 11 is 0.981. The van der Waals surface area contributed by atoms with Crippen LogP contribution >= 0.6 is 11.8 Å². The molecule has 1 aromatic heterocycles. The van der Waals surface area contributed by atoms with Crippen LogP contribution in [0.1, 0.15) is 32.4 Å². The minimum absolute atomic E-state index is 0.00212. The van der Waals surface area contributed by atoms with Gasteiger partial charge in [-0.15, -0.1) is 0 Å². The van der Waals surface area contributed by atoms with Crippen LogP contribution in [0.3, 0.4) is 0 Å². The van der Waals surface area contributed by atoms with Gasteiger partial charge in [0.15, 0.2) is 5.12 Å². The van der Waals surface area contributed by atoms with E-state index in [1.54, 1.807) is 20.8 Å². The molecule has 0 bridgehead atoms. The number of carbonyl (C=O) groups is 2. The van der Waals surface area contributed by atoms with Crippen molar-refractivity contribution in [1.82, 2.24) is 14.9 Å². The monoisotopic (exact) mass is 606 g/mol. The van der Waals surface area contributed by atoms with Crippen LogP contribution in [-0.2, 0) is 30.3 Å². The highest BCUT2D eigenvalue weighted by Gasteiger charge is 2.85. The van der Waals surface area contributed by atoms with Gasteiger partial charge in [0.25, 0.3) is 0 Å². The fourth-order valence-electron chi connectivity index (χ4n) is 5.05. The number of fused-ring (bicyclic) bond motifs is 1. The summed E-state index contributed by atoms with van der Waals surface area (Å²) in [4.78, 5) is 41.3. The molecule has 1 aliphatic heterocycles. The summed E-state index contributed by atoms with van der Waals surface area (Å²) in [6.07, 6.45) is -2.43. The first-order valence-corrected chi connectivity index (χ1v) is 14.6. The number of nitrogens with one attached hydrogen (secondary N) is 1. The number of hydrogen-bond donors (Lipinski definition) is 5. The lowest BCUT2D eigenvalue weighted by Gasteiger charge is -2.26. The van der Waals surface area contributed by atoms with E-state index in [9.17, 15) is 29.7 Å². The molecule has 2 fully saturated rings. The van der Waals surface area contributed by atoms with Crippen LogP contribution in [0.4, 0.5) is 5.82 Å². The number of ether oxygens (including phenoxy) is 3. The molecule has 230 valence electrons. The first kappa shape index (κ1) is 32.2. The van der Waals surface area contributed by atoms with E-state index >= 15 is 0 Å². The maximum Gasteiger partial charge on any atom is 0.349 e. The number of nitrogens with two attached hydrogens (primary N) is 1. The summed E-state index contributed by atoms with van der Waals surface area (Å²) in [5, 5.41) is 34.5. The summed E-state index contributed by atoms with van der Waals surface area (Å²) in [5.74, 6) is -0.169. The smallest absolute Gasteiger partial charge is 0.349 e. The number of ketones is 1. The van der Waals surface area contributed by atoms with Gasteiger partial charge in [-0.25, -0.2) is 4.79 Å². The van der Waals surface area contributed by atoms with Crippen LogP contribution in [0.15, 0.2) is 47.4 Å². The second kappa shape index (κ2) is 12.9. The molecule has 13 nitrogen and oxygen atoms in total. The third-order valence-corrected chi connectivity index (χ3v) is 8.84. The highest BCUT2D eigenvalue weighted by Crippen LogP contribution is 2.66. The third-order valence-electron chi connectivity index (χ3n) is 7.66. The number of hydrogen-bond acceptors (Lipinski definition) is 13. The lowest BCUT2D eigenvalue weighted by atomic mass is 9.97. The summed E-state index contributed by atoms with van der Waals surface area (Å²) < 4.78 is 18.6. The first-order valence-electron chi connectivity index (χ1n) is 13.6. The van der Waals surface area contributed by atoms with Gasteiger partial charge in [0.2, 0.25) is 12.1 Å². The van der Waals surface area contributed by atoms with Crippen molar-refractivity contribution in [3.05, 3.63) is 58.6 Å². The normalized spacial score (nSPS) is 27.4. The van der Waals surface area contributed by atoms with Gasteiger partial charge in [-0.2, -0.15) is 4.98 Å². The first-order chi connectivity index (χ1) is 19.8. The second-order valence-electron chi connectivity index (χ2n) is 11.2. The largest absolute Gasteiger partial charge is 0.395 e. The quantitative estimate of drug-likeness (QED) is 0.130. The van der Waals surface area contributed by atoms with Crippen LogP contribution in [0.25, 0.3) is 0 Å². The van der Waals surface area contributed by atoms with Crippen molar-refractivity contribution >= 4 is 28.5 Å². The number of rotatable bonds is 15. The minimum Gasteiger partial charge on any atom is -0.395 e. The molecule has 2 aliphatic rings. The molecule has 42 heavy (non-hydrogen) atoms. The fourth-order valence-corrected chi connectivity index (χ4v) is 5.87. The molecule has 6 N–H and O–H groups in total. The van der Waals surface area contributed by atoms with Crippen LogP contribution in [0.2, 0.25) is 0 Å². The van der Waals surface area contributed by atoms with E-state index < -0.39 is 52.6 Å². The van der Waals surface area contributed by atoms with Crippen molar-refractivity contribution in [3.63, 3.8) is 0 Å². The molecule has 0 amide bonds. The highest BCUT2D eigenvalue weighted by molar-refractivity contribution is 8.13. The van der Waals surface area contributed by atoms with E-state index in [1.165, 1.54) is 16.8 Å². The molecule has 0 spiro atoms. The molecule has 0 radical (unpaired) electrons. The number of aliphatic hydroxyl groups is 3. The molecule has 14 heteroatoms. The Hall–Kier alpha value is -2.69. The van der Waals surface area contributed by atoms with E-state index in [0.717, 1.165) is 17.3 Å².